The average Bonchev–Trinajstić information content (AvgIpc) is 2.91. The van der Waals surface area contributed by atoms with Crippen LogP contribution in [0.3, 0.4) is 0 Å². The van der Waals surface area contributed by atoms with Gasteiger partial charge in [0.1, 0.15) is 5.75 Å². The summed E-state index contributed by atoms with van der Waals surface area (Å²) in [5, 5.41) is 2.43. The van der Waals surface area contributed by atoms with Crippen LogP contribution in [-0.2, 0) is 10.0 Å². The second-order valence-corrected chi connectivity index (χ2v) is 6.92. The number of carbonyl (C=O) groups excluding carboxylic acids is 1. The second-order valence-electron chi connectivity index (χ2n) is 5.05. The van der Waals surface area contributed by atoms with Gasteiger partial charge in [0.25, 0.3) is 0 Å². The van der Waals surface area contributed by atoms with Crippen LogP contribution in [0.15, 0.2) is 30.3 Å². The number of ether oxygens (including phenoxy) is 1. The number of sulfonamides is 1. The molecule has 1 aromatic carbocycles. The van der Waals surface area contributed by atoms with Crippen LogP contribution in [0.1, 0.15) is 25.7 Å². The molecule has 116 valence electrons. The lowest BCUT2D eigenvalue weighted by Crippen LogP contribution is -2.39. The molecule has 2 rings (SSSR count). The summed E-state index contributed by atoms with van der Waals surface area (Å²) in [6.07, 6.45) is 3.26. The third kappa shape index (κ3) is 5.73. The highest BCUT2D eigenvalue weighted by Gasteiger charge is 2.21. The maximum absolute atomic E-state index is 11.8. The van der Waals surface area contributed by atoms with Gasteiger partial charge in [0.2, 0.25) is 10.0 Å². The van der Waals surface area contributed by atoms with Gasteiger partial charge >= 0.3 is 6.09 Å². The van der Waals surface area contributed by atoms with Gasteiger partial charge in [0, 0.05) is 12.6 Å². The van der Waals surface area contributed by atoms with Gasteiger partial charge in [-0.3, -0.25) is 0 Å². The second kappa shape index (κ2) is 7.42. The van der Waals surface area contributed by atoms with Gasteiger partial charge in [-0.25, -0.2) is 17.9 Å². The van der Waals surface area contributed by atoms with E-state index >= 15 is 0 Å². The Morgan fingerprint density at radius 3 is 2.52 bits per heavy atom. The molecular weight excluding hydrogens is 292 g/mol. The zero-order chi connectivity index (χ0) is 15.1. The minimum Gasteiger partial charge on any atom is -0.410 e. The van der Waals surface area contributed by atoms with E-state index in [1.54, 1.807) is 24.3 Å². The molecule has 1 amide bonds. The van der Waals surface area contributed by atoms with Gasteiger partial charge in [0.15, 0.2) is 0 Å². The number of benzene rings is 1. The highest BCUT2D eigenvalue weighted by Crippen LogP contribution is 2.18. The summed E-state index contributed by atoms with van der Waals surface area (Å²) in [6.45, 7) is 0.0215. The van der Waals surface area contributed by atoms with Crippen LogP contribution < -0.4 is 14.8 Å². The maximum Gasteiger partial charge on any atom is 0.412 e. The first kappa shape index (κ1) is 15.8. The van der Waals surface area contributed by atoms with E-state index in [2.05, 4.69) is 10.0 Å². The highest BCUT2D eigenvalue weighted by atomic mass is 32.2. The van der Waals surface area contributed by atoms with E-state index in [9.17, 15) is 13.2 Å². The molecule has 0 unspecified atom stereocenters. The van der Waals surface area contributed by atoms with Crippen LogP contribution >= 0.6 is 0 Å². The van der Waals surface area contributed by atoms with Crippen molar-refractivity contribution in [1.29, 1.82) is 0 Å². The molecule has 0 aromatic heterocycles. The first-order valence-corrected chi connectivity index (χ1v) is 8.71. The number of hydrogen-bond acceptors (Lipinski definition) is 4. The predicted octanol–water partition coefficient (Wildman–Crippen LogP) is 1.64. The molecule has 7 heteroatoms. The van der Waals surface area contributed by atoms with E-state index in [1.165, 1.54) is 0 Å². The lowest BCUT2D eigenvalue weighted by Gasteiger charge is -2.12. The number of carbonyl (C=O) groups is 1. The van der Waals surface area contributed by atoms with Gasteiger partial charge in [-0.05, 0) is 25.0 Å². The zero-order valence-electron chi connectivity index (χ0n) is 11.7. The Morgan fingerprint density at radius 2 is 1.86 bits per heavy atom. The fourth-order valence-corrected chi connectivity index (χ4v) is 3.51. The topological polar surface area (TPSA) is 84.5 Å². The van der Waals surface area contributed by atoms with Crippen molar-refractivity contribution in [2.24, 2.45) is 0 Å². The van der Waals surface area contributed by atoms with Crippen molar-refractivity contribution >= 4 is 16.1 Å². The van der Waals surface area contributed by atoms with Crippen LogP contribution in [-0.4, -0.2) is 32.9 Å². The Labute approximate surface area is 124 Å². The van der Waals surface area contributed by atoms with E-state index in [4.69, 9.17) is 4.74 Å². The molecule has 0 spiro atoms. The van der Waals surface area contributed by atoms with Crippen molar-refractivity contribution in [2.75, 3.05) is 12.3 Å². The molecule has 21 heavy (non-hydrogen) atoms. The van der Waals surface area contributed by atoms with Gasteiger partial charge in [-0.2, -0.15) is 0 Å². The molecule has 2 N–H and O–H groups in total. The molecule has 0 saturated heterocycles. The average molecular weight is 312 g/mol. The standard InChI is InChI=1S/C14H20N2O4S/c17-14(20-13-8-2-1-3-9-13)15-10-11-21(18,19)16-12-6-4-5-7-12/h1-3,8-9,12,16H,4-7,10-11H2,(H,15,17). The van der Waals surface area contributed by atoms with Crippen LogP contribution in [0.4, 0.5) is 4.79 Å². The van der Waals surface area contributed by atoms with Crippen LogP contribution in [0.5, 0.6) is 5.75 Å². The smallest absolute Gasteiger partial charge is 0.410 e. The van der Waals surface area contributed by atoms with E-state index < -0.39 is 16.1 Å². The van der Waals surface area contributed by atoms with Crippen LogP contribution in [0, 0.1) is 0 Å². The Balaban J connectivity index is 1.69. The van der Waals surface area contributed by atoms with E-state index in [0.717, 1.165) is 25.7 Å². The summed E-state index contributed by atoms with van der Waals surface area (Å²) in [4.78, 5) is 11.5. The molecule has 0 aliphatic heterocycles. The van der Waals surface area contributed by atoms with Gasteiger partial charge in [-0.1, -0.05) is 31.0 Å². The van der Waals surface area contributed by atoms with Crippen molar-refractivity contribution in [3.05, 3.63) is 30.3 Å². The monoisotopic (exact) mass is 312 g/mol. The normalized spacial score (nSPS) is 15.8. The van der Waals surface area contributed by atoms with E-state index in [0.29, 0.717) is 5.75 Å². The highest BCUT2D eigenvalue weighted by molar-refractivity contribution is 7.89. The summed E-state index contributed by atoms with van der Waals surface area (Å²) < 4.78 is 31.3. The first-order valence-electron chi connectivity index (χ1n) is 7.06. The molecule has 1 fully saturated rings. The number of amides is 1. The lowest BCUT2D eigenvalue weighted by molar-refractivity contribution is 0.201. The van der Waals surface area contributed by atoms with E-state index in [1.807, 2.05) is 6.07 Å². The summed E-state index contributed by atoms with van der Waals surface area (Å²) in [7, 11) is -3.35. The minimum atomic E-state index is -3.35. The minimum absolute atomic E-state index is 0.0215. The fraction of sp³-hybridized carbons (Fsp3) is 0.500. The Bertz CT molecular complexity index is 554. The number of rotatable bonds is 6. The molecule has 0 bridgehead atoms. The SMILES string of the molecule is O=C(NCCS(=O)(=O)NC1CCCC1)Oc1ccccc1. The van der Waals surface area contributed by atoms with Crippen LogP contribution in [0.25, 0.3) is 0 Å². The first-order chi connectivity index (χ1) is 10.1. The summed E-state index contributed by atoms with van der Waals surface area (Å²) >= 11 is 0. The largest absolute Gasteiger partial charge is 0.412 e. The molecular formula is C14H20N2O4S. The Hall–Kier alpha value is -1.60. The predicted molar refractivity (Wildman–Crippen MR) is 79.6 cm³/mol. The molecule has 1 aliphatic carbocycles. The molecule has 6 nitrogen and oxygen atoms in total. The van der Waals surface area contributed by atoms with Crippen molar-refractivity contribution in [1.82, 2.24) is 10.0 Å². The number of hydrogen-bond donors (Lipinski definition) is 2. The third-order valence-corrected chi connectivity index (χ3v) is 4.73. The van der Waals surface area contributed by atoms with Crippen molar-refractivity contribution in [3.8, 4) is 5.75 Å². The quantitative estimate of drug-likeness (QED) is 0.836. The molecule has 1 saturated carbocycles. The van der Waals surface area contributed by atoms with E-state index in [-0.39, 0.29) is 18.3 Å². The maximum atomic E-state index is 11.8. The van der Waals surface area contributed by atoms with Crippen molar-refractivity contribution in [3.63, 3.8) is 0 Å². The number of nitrogens with one attached hydrogen (secondary N) is 2. The van der Waals surface area contributed by atoms with Crippen molar-refractivity contribution < 1.29 is 17.9 Å². The van der Waals surface area contributed by atoms with Crippen LogP contribution in [0.2, 0.25) is 0 Å². The number of para-hydroxylation sites is 1. The van der Waals surface area contributed by atoms with Gasteiger partial charge in [-0.15, -0.1) is 0 Å². The summed E-state index contributed by atoms with van der Waals surface area (Å²) in [5.41, 5.74) is 0. The van der Waals surface area contributed by atoms with Crippen molar-refractivity contribution in [2.45, 2.75) is 31.7 Å². The van der Waals surface area contributed by atoms with Gasteiger partial charge in [0.05, 0.1) is 5.75 Å². The lowest BCUT2D eigenvalue weighted by atomic mass is 10.3. The Kier molecular flexibility index (Phi) is 5.58. The Morgan fingerprint density at radius 1 is 1.19 bits per heavy atom. The molecule has 0 heterocycles. The zero-order valence-corrected chi connectivity index (χ0v) is 12.6. The third-order valence-electron chi connectivity index (χ3n) is 3.30. The fourth-order valence-electron chi connectivity index (χ4n) is 2.28. The molecule has 1 aliphatic rings. The molecule has 0 radical (unpaired) electrons. The van der Waals surface area contributed by atoms with Gasteiger partial charge < -0.3 is 10.1 Å². The summed E-state index contributed by atoms with van der Waals surface area (Å²) in [6, 6.07) is 8.66. The molecule has 0 atom stereocenters. The summed E-state index contributed by atoms with van der Waals surface area (Å²) in [5.74, 6) is 0.273. The molecule has 1 aromatic rings.